The van der Waals surface area contributed by atoms with Crippen LogP contribution in [0.3, 0.4) is 0 Å². The first-order chi connectivity index (χ1) is 27.0. The summed E-state index contributed by atoms with van der Waals surface area (Å²) in [6, 6.07) is 68.2. The average Bonchev–Trinajstić information content (AvgIpc) is 3.72. The molecule has 1 aliphatic rings. The normalized spacial score (nSPS) is 13.1. The van der Waals surface area contributed by atoms with E-state index in [9.17, 15) is 0 Å². The lowest BCUT2D eigenvalue weighted by atomic mass is 9.82. The second kappa shape index (κ2) is 12.1. The molecule has 0 N–H and O–H groups in total. The Labute approximate surface area is 320 Å². The van der Waals surface area contributed by atoms with Crippen LogP contribution in [0.2, 0.25) is 0 Å². The lowest BCUT2D eigenvalue weighted by Gasteiger charge is -2.28. The van der Waals surface area contributed by atoms with E-state index in [-0.39, 0.29) is 5.41 Å². The zero-order valence-electron chi connectivity index (χ0n) is 30.8. The summed E-state index contributed by atoms with van der Waals surface area (Å²) in [6.07, 6.45) is 0. The van der Waals surface area contributed by atoms with Gasteiger partial charge in [-0.25, -0.2) is 0 Å². The fourth-order valence-corrected chi connectivity index (χ4v) is 9.17. The highest BCUT2D eigenvalue weighted by atomic mass is 16.3. The summed E-state index contributed by atoms with van der Waals surface area (Å²) < 4.78 is 7.22. The molecule has 0 radical (unpaired) electrons. The molecule has 9 aromatic carbocycles. The van der Waals surface area contributed by atoms with Gasteiger partial charge in [0.05, 0.1) is 5.69 Å². The van der Waals surface area contributed by atoms with E-state index < -0.39 is 0 Å². The molecule has 0 spiro atoms. The number of rotatable bonds is 5. The maximum atomic E-state index is 7.22. The highest BCUT2D eigenvalue weighted by molar-refractivity contribution is 6.20. The van der Waals surface area contributed by atoms with Gasteiger partial charge in [0.1, 0.15) is 5.58 Å². The van der Waals surface area contributed by atoms with Crippen LogP contribution in [0.15, 0.2) is 192 Å². The molecular weight excluding hydrogens is 667 g/mol. The summed E-state index contributed by atoms with van der Waals surface area (Å²) >= 11 is 0. The lowest BCUT2D eigenvalue weighted by molar-refractivity contribution is 0.660. The van der Waals surface area contributed by atoms with E-state index in [1.165, 1.54) is 54.9 Å². The lowest BCUT2D eigenvalue weighted by Crippen LogP contribution is -2.16. The van der Waals surface area contributed by atoms with Gasteiger partial charge >= 0.3 is 0 Å². The maximum Gasteiger partial charge on any atom is 0.159 e. The monoisotopic (exact) mass is 703 g/mol. The summed E-state index contributed by atoms with van der Waals surface area (Å²) in [5, 5.41) is 7.08. The SMILES string of the molecule is CC1(C)c2ccccc2-c2ccc(N(c3ccccc3)c3cccc4c3oc3c(-c5ccc(-c6cccc7ccccc67)cc5)c5ccccc5cc34)cc21. The zero-order valence-corrected chi connectivity index (χ0v) is 30.8. The predicted molar refractivity (Wildman–Crippen MR) is 232 cm³/mol. The van der Waals surface area contributed by atoms with Gasteiger partial charge in [0, 0.05) is 33.1 Å². The van der Waals surface area contributed by atoms with Crippen LogP contribution in [-0.4, -0.2) is 0 Å². The van der Waals surface area contributed by atoms with Crippen molar-refractivity contribution in [3.05, 3.63) is 199 Å². The van der Waals surface area contributed by atoms with E-state index in [2.05, 4.69) is 207 Å². The van der Waals surface area contributed by atoms with E-state index in [0.29, 0.717) is 0 Å². The molecular formula is C53H37NO. The Bertz CT molecular complexity index is 3110. The van der Waals surface area contributed by atoms with Crippen molar-refractivity contribution in [3.8, 4) is 33.4 Å². The zero-order chi connectivity index (χ0) is 36.7. The number of para-hydroxylation sites is 2. The minimum atomic E-state index is -0.117. The maximum absolute atomic E-state index is 7.22. The Morgan fingerprint density at radius 3 is 1.89 bits per heavy atom. The Balaban J connectivity index is 1.12. The van der Waals surface area contributed by atoms with Crippen molar-refractivity contribution in [2.75, 3.05) is 4.90 Å². The summed E-state index contributed by atoms with van der Waals surface area (Å²) in [5.74, 6) is 0. The van der Waals surface area contributed by atoms with Gasteiger partial charge in [-0.2, -0.15) is 0 Å². The van der Waals surface area contributed by atoms with Gasteiger partial charge in [-0.05, 0) is 96.9 Å². The second-order valence-corrected chi connectivity index (χ2v) is 15.3. The van der Waals surface area contributed by atoms with Crippen LogP contribution in [0.25, 0.3) is 76.9 Å². The van der Waals surface area contributed by atoms with Crippen molar-refractivity contribution in [1.29, 1.82) is 0 Å². The van der Waals surface area contributed by atoms with Crippen LogP contribution in [0.4, 0.5) is 17.1 Å². The molecule has 0 aliphatic heterocycles. The largest absolute Gasteiger partial charge is 0.453 e. The van der Waals surface area contributed by atoms with E-state index >= 15 is 0 Å². The molecule has 0 atom stereocenters. The predicted octanol–water partition coefficient (Wildman–Crippen LogP) is 15.0. The first-order valence-electron chi connectivity index (χ1n) is 19.1. The summed E-state index contributed by atoms with van der Waals surface area (Å²) in [5.41, 5.74) is 14.9. The highest BCUT2D eigenvalue weighted by Gasteiger charge is 2.36. The van der Waals surface area contributed by atoms with E-state index in [0.717, 1.165) is 50.1 Å². The highest BCUT2D eigenvalue weighted by Crippen LogP contribution is 2.52. The van der Waals surface area contributed by atoms with Crippen molar-refractivity contribution < 1.29 is 4.42 Å². The Kier molecular flexibility index (Phi) is 6.93. The Morgan fingerprint density at radius 2 is 1.04 bits per heavy atom. The molecule has 11 rings (SSSR count). The van der Waals surface area contributed by atoms with Gasteiger partial charge in [-0.3, -0.25) is 0 Å². The molecule has 0 saturated carbocycles. The van der Waals surface area contributed by atoms with Crippen molar-refractivity contribution in [3.63, 3.8) is 0 Å². The van der Waals surface area contributed by atoms with Crippen molar-refractivity contribution in [2.45, 2.75) is 19.3 Å². The quantitative estimate of drug-likeness (QED) is 0.177. The average molecular weight is 704 g/mol. The van der Waals surface area contributed by atoms with E-state index in [1.807, 2.05) is 0 Å². The molecule has 0 bridgehead atoms. The van der Waals surface area contributed by atoms with Gasteiger partial charge in [-0.1, -0.05) is 166 Å². The molecule has 2 heteroatoms. The third kappa shape index (κ3) is 4.81. The number of anilines is 3. The molecule has 0 unspecified atom stereocenters. The van der Waals surface area contributed by atoms with Crippen LogP contribution in [0.1, 0.15) is 25.0 Å². The van der Waals surface area contributed by atoms with Crippen LogP contribution in [0.5, 0.6) is 0 Å². The van der Waals surface area contributed by atoms with Crippen molar-refractivity contribution in [2.24, 2.45) is 0 Å². The Morgan fingerprint density at radius 1 is 0.400 bits per heavy atom. The van der Waals surface area contributed by atoms with Gasteiger partial charge in [0.15, 0.2) is 5.58 Å². The third-order valence-electron chi connectivity index (χ3n) is 11.8. The second-order valence-electron chi connectivity index (χ2n) is 15.3. The van der Waals surface area contributed by atoms with Crippen LogP contribution in [0, 0.1) is 0 Å². The van der Waals surface area contributed by atoms with Crippen LogP contribution < -0.4 is 4.90 Å². The number of fused-ring (bicyclic) bond motifs is 8. The molecule has 1 heterocycles. The topological polar surface area (TPSA) is 16.4 Å². The van der Waals surface area contributed by atoms with E-state index in [1.54, 1.807) is 0 Å². The summed E-state index contributed by atoms with van der Waals surface area (Å²) in [4.78, 5) is 2.36. The molecule has 0 fully saturated rings. The van der Waals surface area contributed by atoms with Crippen molar-refractivity contribution >= 4 is 60.5 Å². The molecule has 55 heavy (non-hydrogen) atoms. The van der Waals surface area contributed by atoms with Crippen LogP contribution >= 0.6 is 0 Å². The van der Waals surface area contributed by atoms with Crippen molar-refractivity contribution in [1.82, 2.24) is 0 Å². The third-order valence-corrected chi connectivity index (χ3v) is 11.8. The number of hydrogen-bond donors (Lipinski definition) is 0. The number of benzene rings is 9. The number of hydrogen-bond acceptors (Lipinski definition) is 2. The van der Waals surface area contributed by atoms with E-state index in [4.69, 9.17) is 4.42 Å². The minimum Gasteiger partial charge on any atom is -0.453 e. The number of furan rings is 1. The molecule has 1 aromatic heterocycles. The molecule has 1 aliphatic carbocycles. The standard InChI is InChI=1S/C53H37NO/c1-53(2)47-24-11-10-21-43(47)44-31-30-39(33-48(44)53)54(38-17-4-3-5-18-38)49-25-13-23-45-46-32-37-15-7-9-20-42(37)50(52(46)55-51(45)49)36-28-26-35(27-29-36)41-22-12-16-34-14-6-8-19-40(34)41/h3-33H,1-2H3. The van der Waals surface area contributed by atoms with Crippen LogP contribution in [-0.2, 0) is 5.41 Å². The fraction of sp³-hybridized carbons (Fsp3) is 0.0566. The van der Waals surface area contributed by atoms with Gasteiger partial charge in [0.2, 0.25) is 0 Å². The summed E-state index contributed by atoms with van der Waals surface area (Å²) in [7, 11) is 0. The first-order valence-corrected chi connectivity index (χ1v) is 19.1. The molecule has 2 nitrogen and oxygen atoms in total. The molecule has 0 saturated heterocycles. The summed E-state index contributed by atoms with van der Waals surface area (Å²) in [6.45, 7) is 4.68. The van der Waals surface area contributed by atoms with Gasteiger partial charge in [-0.15, -0.1) is 0 Å². The first kappa shape index (κ1) is 31.6. The molecule has 10 aromatic rings. The van der Waals surface area contributed by atoms with Gasteiger partial charge in [0.25, 0.3) is 0 Å². The smallest absolute Gasteiger partial charge is 0.159 e. The Hall–Kier alpha value is -6.90. The molecule has 0 amide bonds. The minimum absolute atomic E-state index is 0.117. The fourth-order valence-electron chi connectivity index (χ4n) is 9.17. The number of nitrogens with zero attached hydrogens (tertiary/aromatic N) is 1. The van der Waals surface area contributed by atoms with Gasteiger partial charge < -0.3 is 9.32 Å². The molecule has 260 valence electrons.